The zero-order valence-corrected chi connectivity index (χ0v) is 11.4. The van der Waals surface area contributed by atoms with Gasteiger partial charge in [0.15, 0.2) is 0 Å². The summed E-state index contributed by atoms with van der Waals surface area (Å²) in [6.07, 6.45) is 3.63. The molecule has 1 N–H and O–H groups in total. The van der Waals surface area contributed by atoms with Crippen LogP contribution in [0.1, 0.15) is 35.3 Å². The molecule has 0 aliphatic carbocycles. The van der Waals surface area contributed by atoms with Crippen LogP contribution in [-0.4, -0.2) is 47.2 Å². The van der Waals surface area contributed by atoms with Crippen molar-refractivity contribution in [1.29, 1.82) is 0 Å². The van der Waals surface area contributed by atoms with Crippen molar-refractivity contribution >= 4 is 5.97 Å². The zero-order valence-electron chi connectivity index (χ0n) is 11.4. The maximum absolute atomic E-state index is 10.9. The predicted molar refractivity (Wildman–Crippen MR) is 71.7 cm³/mol. The molecule has 104 valence electrons. The summed E-state index contributed by atoms with van der Waals surface area (Å²) in [5, 5.41) is 8.94. The van der Waals surface area contributed by atoms with Gasteiger partial charge in [0.05, 0.1) is 11.3 Å². The highest BCUT2D eigenvalue weighted by atomic mass is 16.5. The van der Waals surface area contributed by atoms with E-state index in [2.05, 4.69) is 16.9 Å². The van der Waals surface area contributed by atoms with Crippen LogP contribution in [-0.2, 0) is 0 Å². The van der Waals surface area contributed by atoms with Crippen molar-refractivity contribution in [2.24, 2.45) is 0 Å². The molecule has 1 saturated heterocycles. The number of nitrogens with zero attached hydrogens (tertiary/aromatic N) is 2. The van der Waals surface area contributed by atoms with Crippen molar-refractivity contribution in [1.82, 2.24) is 9.88 Å². The van der Waals surface area contributed by atoms with Gasteiger partial charge in [-0.25, -0.2) is 9.78 Å². The number of aromatic nitrogens is 1. The average Bonchev–Trinajstić information content (AvgIpc) is 2.37. The van der Waals surface area contributed by atoms with E-state index in [0.29, 0.717) is 24.2 Å². The smallest absolute Gasteiger partial charge is 0.337 e. The summed E-state index contributed by atoms with van der Waals surface area (Å²) in [6, 6.07) is 3.60. The molecule has 1 aromatic rings. The number of carbonyl (C=O) groups is 1. The second-order valence-electron chi connectivity index (χ2n) is 5.03. The number of carboxylic acids is 1. The molecule has 0 saturated carbocycles. The van der Waals surface area contributed by atoms with Gasteiger partial charge in [0.2, 0.25) is 5.88 Å². The van der Waals surface area contributed by atoms with Crippen molar-refractivity contribution in [3.63, 3.8) is 0 Å². The highest BCUT2D eigenvalue weighted by Gasteiger charge is 2.19. The number of hydrogen-bond donors (Lipinski definition) is 1. The molecule has 0 aromatic carbocycles. The van der Waals surface area contributed by atoms with Gasteiger partial charge >= 0.3 is 5.97 Å². The molecular weight excluding hydrogens is 244 g/mol. The van der Waals surface area contributed by atoms with Crippen molar-refractivity contribution < 1.29 is 14.6 Å². The molecule has 1 fully saturated rings. The van der Waals surface area contributed by atoms with Gasteiger partial charge in [-0.05, 0) is 39.4 Å². The van der Waals surface area contributed by atoms with Crippen LogP contribution in [0.2, 0.25) is 0 Å². The minimum absolute atomic E-state index is 0.224. The van der Waals surface area contributed by atoms with Gasteiger partial charge in [0.25, 0.3) is 0 Å². The van der Waals surface area contributed by atoms with E-state index in [1.54, 1.807) is 19.1 Å². The molecule has 0 spiro atoms. The fraction of sp³-hybridized carbons (Fsp3) is 0.571. The van der Waals surface area contributed by atoms with Crippen molar-refractivity contribution in [3.05, 3.63) is 23.4 Å². The number of ether oxygens (including phenoxy) is 1. The average molecular weight is 264 g/mol. The number of aromatic carboxylic acids is 1. The van der Waals surface area contributed by atoms with E-state index in [-0.39, 0.29) is 5.56 Å². The van der Waals surface area contributed by atoms with Crippen molar-refractivity contribution in [2.45, 2.75) is 32.2 Å². The summed E-state index contributed by atoms with van der Waals surface area (Å²) in [6.45, 7) is 3.40. The first-order chi connectivity index (χ1) is 9.08. The van der Waals surface area contributed by atoms with Gasteiger partial charge in [0.1, 0.15) is 6.61 Å². The Morgan fingerprint density at radius 1 is 1.53 bits per heavy atom. The Bertz CT molecular complexity index is 462. The number of aryl methyl sites for hydroxylation is 1. The minimum Gasteiger partial charge on any atom is -0.478 e. The van der Waals surface area contributed by atoms with Crippen molar-refractivity contribution in [2.75, 3.05) is 20.2 Å². The Kier molecular flexibility index (Phi) is 4.37. The van der Waals surface area contributed by atoms with E-state index >= 15 is 0 Å². The lowest BCUT2D eigenvalue weighted by Crippen LogP contribution is -2.40. The summed E-state index contributed by atoms with van der Waals surface area (Å²) in [7, 11) is 2.11. The fourth-order valence-corrected chi connectivity index (χ4v) is 2.38. The molecule has 0 bridgehead atoms. The number of hydrogen-bond acceptors (Lipinski definition) is 4. The summed E-state index contributed by atoms with van der Waals surface area (Å²) >= 11 is 0. The standard InChI is InChI=1S/C14H20N2O3/c1-10-12(14(17)18)6-7-13(15-10)19-9-11-5-3-4-8-16(11)2/h6-7,11H,3-5,8-9H2,1-2H3,(H,17,18). The molecule has 1 aliphatic rings. The monoisotopic (exact) mass is 264 g/mol. The van der Waals surface area contributed by atoms with E-state index < -0.39 is 5.97 Å². The highest BCUT2D eigenvalue weighted by molar-refractivity contribution is 5.88. The van der Waals surface area contributed by atoms with E-state index in [1.165, 1.54) is 12.8 Å². The molecule has 0 amide bonds. The topological polar surface area (TPSA) is 62.7 Å². The Balaban J connectivity index is 1.96. The maximum atomic E-state index is 10.9. The normalized spacial score (nSPS) is 20.2. The molecule has 1 aliphatic heterocycles. The van der Waals surface area contributed by atoms with Gasteiger partial charge < -0.3 is 14.7 Å². The van der Waals surface area contributed by atoms with Gasteiger partial charge in [-0.1, -0.05) is 6.42 Å². The summed E-state index contributed by atoms with van der Waals surface area (Å²) in [5.74, 6) is -0.454. The summed E-state index contributed by atoms with van der Waals surface area (Å²) < 4.78 is 5.69. The van der Waals surface area contributed by atoms with E-state index in [0.717, 1.165) is 13.0 Å². The first kappa shape index (κ1) is 13.8. The molecule has 0 radical (unpaired) electrons. The minimum atomic E-state index is -0.955. The third-order valence-electron chi connectivity index (χ3n) is 3.64. The third kappa shape index (κ3) is 3.44. The molecule has 19 heavy (non-hydrogen) atoms. The van der Waals surface area contributed by atoms with Crippen LogP contribution in [0.3, 0.4) is 0 Å². The van der Waals surface area contributed by atoms with Gasteiger partial charge in [0, 0.05) is 12.1 Å². The van der Waals surface area contributed by atoms with Crippen LogP contribution >= 0.6 is 0 Å². The Morgan fingerprint density at radius 2 is 2.32 bits per heavy atom. The van der Waals surface area contributed by atoms with Crippen LogP contribution in [0.4, 0.5) is 0 Å². The number of rotatable bonds is 4. The quantitative estimate of drug-likeness (QED) is 0.900. The number of likely N-dealkylation sites (tertiary alicyclic amines) is 1. The second-order valence-corrected chi connectivity index (χ2v) is 5.03. The molecule has 2 heterocycles. The summed E-state index contributed by atoms with van der Waals surface area (Å²) in [4.78, 5) is 17.4. The van der Waals surface area contributed by atoms with Crippen LogP contribution in [0, 0.1) is 6.92 Å². The maximum Gasteiger partial charge on any atom is 0.337 e. The number of likely N-dealkylation sites (N-methyl/N-ethyl adjacent to an activating group) is 1. The van der Waals surface area contributed by atoms with Crippen LogP contribution in [0.5, 0.6) is 5.88 Å². The molecule has 1 aromatic heterocycles. The fourth-order valence-electron chi connectivity index (χ4n) is 2.38. The molecule has 5 nitrogen and oxygen atoms in total. The molecule has 1 atom stereocenters. The Labute approximate surface area is 113 Å². The number of piperidine rings is 1. The van der Waals surface area contributed by atoms with E-state index in [4.69, 9.17) is 9.84 Å². The lowest BCUT2D eigenvalue weighted by atomic mass is 10.0. The number of pyridine rings is 1. The van der Waals surface area contributed by atoms with E-state index in [9.17, 15) is 4.79 Å². The van der Waals surface area contributed by atoms with Gasteiger partial charge in [-0.15, -0.1) is 0 Å². The third-order valence-corrected chi connectivity index (χ3v) is 3.64. The first-order valence-electron chi connectivity index (χ1n) is 6.62. The SMILES string of the molecule is Cc1nc(OCC2CCCCN2C)ccc1C(=O)O. The Hall–Kier alpha value is -1.62. The van der Waals surface area contributed by atoms with Crippen LogP contribution < -0.4 is 4.74 Å². The van der Waals surface area contributed by atoms with Gasteiger partial charge in [-0.3, -0.25) is 0 Å². The lowest BCUT2D eigenvalue weighted by molar-refractivity contribution is 0.0695. The molecule has 2 rings (SSSR count). The van der Waals surface area contributed by atoms with Crippen LogP contribution in [0.25, 0.3) is 0 Å². The summed E-state index contributed by atoms with van der Waals surface area (Å²) in [5.41, 5.74) is 0.712. The Morgan fingerprint density at radius 3 is 2.95 bits per heavy atom. The number of carboxylic acid groups (broad SMARTS) is 1. The second kappa shape index (κ2) is 6.02. The molecule has 1 unspecified atom stereocenters. The first-order valence-corrected chi connectivity index (χ1v) is 6.62. The van der Waals surface area contributed by atoms with Crippen molar-refractivity contribution in [3.8, 4) is 5.88 Å². The predicted octanol–water partition coefficient (Wildman–Crippen LogP) is 1.95. The highest BCUT2D eigenvalue weighted by Crippen LogP contribution is 2.17. The lowest BCUT2D eigenvalue weighted by Gasteiger charge is -2.31. The largest absolute Gasteiger partial charge is 0.478 e. The zero-order chi connectivity index (χ0) is 13.8. The van der Waals surface area contributed by atoms with Crippen LogP contribution in [0.15, 0.2) is 12.1 Å². The van der Waals surface area contributed by atoms with Gasteiger partial charge in [-0.2, -0.15) is 0 Å². The molecule has 5 heteroatoms. The van der Waals surface area contributed by atoms with E-state index in [1.807, 2.05) is 0 Å². The molecular formula is C14H20N2O3.